The lowest BCUT2D eigenvalue weighted by molar-refractivity contribution is 0.256. The second kappa shape index (κ2) is 8.52. The number of halogens is 6. The smallest absolute Gasteiger partial charge is 0.307 e. The van der Waals surface area contributed by atoms with E-state index in [1.54, 1.807) is 22.9 Å². The summed E-state index contributed by atoms with van der Waals surface area (Å²) >= 11 is 5.74. The summed E-state index contributed by atoms with van der Waals surface area (Å²) in [6.07, 6.45) is 0. The Hall–Kier alpha value is -3.18. The highest BCUT2D eigenvalue weighted by Gasteiger charge is 2.27. The highest BCUT2D eigenvalue weighted by Crippen LogP contribution is 2.35. The number of nitrogens with one attached hydrogen (secondary N) is 2. The zero-order valence-corrected chi connectivity index (χ0v) is 16.6. The molecule has 2 N–H and O–H groups in total. The van der Waals surface area contributed by atoms with E-state index in [0.29, 0.717) is 12.1 Å². The van der Waals surface area contributed by atoms with Crippen LogP contribution in [0.3, 0.4) is 0 Å². The number of rotatable bonds is 4. The average molecular weight is 477 g/mol. The molecular weight excluding hydrogens is 467 g/mol. The van der Waals surface area contributed by atoms with Gasteiger partial charge in [-0.15, -0.1) is 0 Å². The fourth-order valence-electron chi connectivity index (χ4n) is 2.59. The molecule has 3 rings (SSSR count). The van der Waals surface area contributed by atoms with Crippen LogP contribution in [0.25, 0.3) is 11.1 Å². The third kappa shape index (κ3) is 4.62. The van der Waals surface area contributed by atoms with Crippen LogP contribution in [0.5, 0.6) is 0 Å². The quantitative estimate of drug-likeness (QED) is 0.308. The molecule has 0 atom stereocenters. The van der Waals surface area contributed by atoms with Crippen molar-refractivity contribution >= 4 is 33.3 Å². The first-order valence-electron chi connectivity index (χ1n) is 8.22. The van der Waals surface area contributed by atoms with Crippen LogP contribution in [0.4, 0.5) is 32.4 Å². The number of urea groups is 1. The van der Waals surface area contributed by atoms with Gasteiger partial charge in [-0.3, -0.25) is 0 Å². The van der Waals surface area contributed by atoms with Crippen LogP contribution in [0.1, 0.15) is 0 Å². The van der Waals surface area contributed by atoms with Gasteiger partial charge in [-0.25, -0.2) is 39.9 Å². The molecule has 0 fully saturated rings. The van der Waals surface area contributed by atoms with E-state index in [1.165, 1.54) is 12.1 Å². The topological polar surface area (TPSA) is 75.3 Å². The number of benzene rings is 3. The summed E-state index contributed by atoms with van der Waals surface area (Å²) in [4.78, 5) is 11.1. The van der Waals surface area contributed by atoms with Gasteiger partial charge in [0.05, 0.1) is 10.6 Å². The SMILES string of the molecule is O=C(Nc1ccccc1)NS(=O)(=O)c1cc(-c2c(F)cc(F)c(F)c2F)c(F)cc1Cl. The first-order chi connectivity index (χ1) is 14.5. The van der Waals surface area contributed by atoms with Crippen LogP contribution in [0.15, 0.2) is 53.4 Å². The van der Waals surface area contributed by atoms with Crippen molar-refractivity contribution < 1.29 is 35.2 Å². The van der Waals surface area contributed by atoms with Gasteiger partial charge >= 0.3 is 6.03 Å². The molecule has 0 saturated heterocycles. The highest BCUT2D eigenvalue weighted by molar-refractivity contribution is 7.90. The van der Waals surface area contributed by atoms with Crippen LogP contribution >= 0.6 is 11.6 Å². The van der Waals surface area contributed by atoms with Gasteiger partial charge in [-0.1, -0.05) is 29.8 Å². The van der Waals surface area contributed by atoms with Gasteiger partial charge in [0, 0.05) is 17.3 Å². The second-order valence-corrected chi connectivity index (χ2v) is 8.09. The van der Waals surface area contributed by atoms with E-state index >= 15 is 0 Å². The minimum atomic E-state index is -4.77. The molecule has 2 amide bonds. The molecule has 0 aliphatic carbocycles. The summed E-state index contributed by atoms with van der Waals surface area (Å²) in [5, 5.41) is 1.49. The lowest BCUT2D eigenvalue weighted by Crippen LogP contribution is -2.34. The van der Waals surface area contributed by atoms with Gasteiger partial charge in [0.25, 0.3) is 10.0 Å². The minimum Gasteiger partial charge on any atom is -0.307 e. The molecular formula is C19H10ClF5N2O3S. The van der Waals surface area contributed by atoms with Gasteiger partial charge in [0.15, 0.2) is 17.5 Å². The first-order valence-corrected chi connectivity index (χ1v) is 10.1. The third-order valence-corrected chi connectivity index (χ3v) is 5.75. The summed E-state index contributed by atoms with van der Waals surface area (Å²) in [5.41, 5.74) is -2.16. The lowest BCUT2D eigenvalue weighted by Gasteiger charge is -2.13. The Labute approximate surface area is 177 Å². The number of hydrogen-bond donors (Lipinski definition) is 2. The summed E-state index contributed by atoms with van der Waals surface area (Å²) in [7, 11) is -4.77. The first kappa shape index (κ1) is 22.5. The minimum absolute atomic E-state index is 0.0263. The molecule has 0 unspecified atom stereocenters. The molecule has 0 saturated carbocycles. The molecule has 3 aromatic carbocycles. The zero-order valence-electron chi connectivity index (χ0n) is 15.0. The van der Waals surface area contributed by atoms with Crippen LogP contribution in [0.2, 0.25) is 5.02 Å². The number of carbonyl (C=O) groups excluding carboxylic acids is 1. The predicted molar refractivity (Wildman–Crippen MR) is 102 cm³/mol. The Morgan fingerprint density at radius 1 is 0.839 bits per heavy atom. The lowest BCUT2D eigenvalue weighted by atomic mass is 10.0. The van der Waals surface area contributed by atoms with Gasteiger partial charge in [-0.05, 0) is 24.3 Å². The van der Waals surface area contributed by atoms with Gasteiger partial charge in [-0.2, -0.15) is 0 Å². The Kier molecular flexibility index (Phi) is 6.18. The van der Waals surface area contributed by atoms with Crippen LogP contribution in [0, 0.1) is 29.1 Å². The van der Waals surface area contributed by atoms with Crippen molar-refractivity contribution in [2.75, 3.05) is 5.32 Å². The predicted octanol–water partition coefficient (Wildman–Crippen LogP) is 5.21. The number of amides is 2. The number of carbonyl (C=O) groups is 1. The Morgan fingerprint density at radius 3 is 2.13 bits per heavy atom. The second-order valence-electron chi connectivity index (χ2n) is 6.03. The maximum atomic E-state index is 14.3. The van der Waals surface area contributed by atoms with E-state index in [9.17, 15) is 35.2 Å². The molecule has 0 aromatic heterocycles. The molecule has 3 aromatic rings. The summed E-state index contributed by atoms with van der Waals surface area (Å²) in [6, 6.07) is 7.27. The molecule has 0 aliphatic rings. The van der Waals surface area contributed by atoms with Crippen molar-refractivity contribution in [1.82, 2.24) is 4.72 Å². The average Bonchev–Trinajstić information content (AvgIpc) is 2.67. The van der Waals surface area contributed by atoms with Gasteiger partial charge < -0.3 is 5.32 Å². The van der Waals surface area contributed by atoms with Crippen molar-refractivity contribution in [3.8, 4) is 11.1 Å². The Morgan fingerprint density at radius 2 is 1.48 bits per heavy atom. The standard InChI is InChI=1S/C19H10ClF5N2O3S/c20-11-7-12(21)10(16-13(22)8-14(23)17(24)18(16)25)6-15(11)31(29,30)27-19(28)26-9-4-2-1-3-5-9/h1-8H,(H2,26,27,28). The van der Waals surface area contributed by atoms with E-state index in [4.69, 9.17) is 11.6 Å². The van der Waals surface area contributed by atoms with Crippen LogP contribution in [-0.4, -0.2) is 14.4 Å². The summed E-state index contributed by atoms with van der Waals surface area (Å²) in [6.45, 7) is 0. The van der Waals surface area contributed by atoms with Gasteiger partial charge in [0.2, 0.25) is 0 Å². The van der Waals surface area contributed by atoms with Crippen molar-refractivity contribution in [2.24, 2.45) is 0 Å². The number of sulfonamides is 1. The van der Waals surface area contributed by atoms with E-state index in [0.717, 1.165) is 0 Å². The number of hydrogen-bond acceptors (Lipinski definition) is 3. The molecule has 0 heterocycles. The van der Waals surface area contributed by atoms with E-state index < -0.39 is 66.2 Å². The van der Waals surface area contributed by atoms with Crippen molar-refractivity contribution in [2.45, 2.75) is 4.90 Å². The highest BCUT2D eigenvalue weighted by atomic mass is 35.5. The van der Waals surface area contributed by atoms with E-state index in [-0.39, 0.29) is 11.8 Å². The molecule has 0 bridgehead atoms. The van der Waals surface area contributed by atoms with Crippen LogP contribution in [-0.2, 0) is 10.0 Å². The van der Waals surface area contributed by atoms with Crippen molar-refractivity contribution in [3.63, 3.8) is 0 Å². The van der Waals surface area contributed by atoms with E-state index in [1.807, 2.05) is 0 Å². The van der Waals surface area contributed by atoms with Gasteiger partial charge in [0.1, 0.15) is 16.5 Å². The maximum Gasteiger partial charge on any atom is 0.333 e. The maximum absolute atomic E-state index is 14.3. The Balaban J connectivity index is 2.03. The molecule has 0 spiro atoms. The number of anilines is 1. The van der Waals surface area contributed by atoms with Crippen molar-refractivity contribution in [3.05, 3.63) is 82.6 Å². The third-order valence-electron chi connectivity index (χ3n) is 3.95. The summed E-state index contributed by atoms with van der Waals surface area (Å²) < 4.78 is 95.9. The normalized spacial score (nSPS) is 11.3. The summed E-state index contributed by atoms with van der Waals surface area (Å²) in [5.74, 6) is -9.12. The zero-order chi connectivity index (χ0) is 22.9. The van der Waals surface area contributed by atoms with E-state index in [2.05, 4.69) is 5.32 Å². The largest absolute Gasteiger partial charge is 0.333 e. The molecule has 12 heteroatoms. The Bertz CT molecular complexity index is 1290. The monoisotopic (exact) mass is 476 g/mol. The molecule has 162 valence electrons. The van der Waals surface area contributed by atoms with Crippen LogP contribution < -0.4 is 10.0 Å². The molecule has 0 radical (unpaired) electrons. The number of para-hydroxylation sites is 1. The molecule has 5 nitrogen and oxygen atoms in total. The molecule has 31 heavy (non-hydrogen) atoms. The van der Waals surface area contributed by atoms with Crippen molar-refractivity contribution in [1.29, 1.82) is 0 Å². The fraction of sp³-hybridized carbons (Fsp3) is 0. The molecule has 0 aliphatic heterocycles. The fourth-order valence-corrected chi connectivity index (χ4v) is 4.04.